The van der Waals surface area contributed by atoms with Crippen LogP contribution in [-0.2, 0) is 4.79 Å². The number of carboxylic acids is 1. The lowest BCUT2D eigenvalue weighted by Gasteiger charge is -2.02. The predicted molar refractivity (Wildman–Crippen MR) is 75.1 cm³/mol. The normalized spacial score (nSPS) is 10.6. The molecular formula is C14H11NO4S. The molecule has 1 aromatic carbocycles. The highest BCUT2D eigenvalue weighted by Gasteiger charge is 2.03. The van der Waals surface area contributed by atoms with Crippen LogP contribution in [0.2, 0.25) is 0 Å². The lowest BCUT2D eigenvalue weighted by molar-refractivity contribution is -0.139. The highest BCUT2D eigenvalue weighted by Crippen LogP contribution is 2.14. The van der Waals surface area contributed by atoms with Crippen molar-refractivity contribution in [2.75, 3.05) is 6.61 Å². The average Bonchev–Trinajstić information content (AvgIpc) is 2.98. The maximum absolute atomic E-state index is 11.7. The first kappa shape index (κ1) is 14.0. The lowest BCUT2D eigenvalue weighted by Crippen LogP contribution is -2.09. The van der Waals surface area contributed by atoms with Gasteiger partial charge in [0.2, 0.25) is 5.78 Å². The molecule has 0 aliphatic rings. The summed E-state index contributed by atoms with van der Waals surface area (Å²) < 4.78 is 5.01. The number of hydrogen-bond acceptors (Lipinski definition) is 5. The molecule has 102 valence electrons. The number of thiazole rings is 1. The van der Waals surface area contributed by atoms with Gasteiger partial charge in [-0.1, -0.05) is 18.2 Å². The van der Waals surface area contributed by atoms with Gasteiger partial charge in [-0.2, -0.15) is 0 Å². The van der Waals surface area contributed by atoms with Crippen molar-refractivity contribution in [3.05, 3.63) is 52.5 Å². The first-order valence-corrected chi connectivity index (χ1v) is 6.59. The van der Waals surface area contributed by atoms with Gasteiger partial charge < -0.3 is 9.84 Å². The maximum atomic E-state index is 11.7. The van der Waals surface area contributed by atoms with Crippen molar-refractivity contribution in [1.82, 2.24) is 4.98 Å². The Morgan fingerprint density at radius 1 is 1.30 bits per heavy atom. The van der Waals surface area contributed by atoms with Gasteiger partial charge in [0.1, 0.15) is 5.75 Å². The van der Waals surface area contributed by atoms with E-state index in [1.54, 1.807) is 41.9 Å². The fourth-order valence-corrected chi connectivity index (χ4v) is 1.97. The summed E-state index contributed by atoms with van der Waals surface area (Å²) in [5.41, 5.74) is 0.817. The number of allylic oxidation sites excluding steroid dienone is 1. The zero-order chi connectivity index (χ0) is 14.4. The molecule has 6 heteroatoms. The second-order valence-electron chi connectivity index (χ2n) is 3.79. The SMILES string of the molecule is O=C(O)COc1ccc(/C=C/C(=O)c2nccs2)cc1. The van der Waals surface area contributed by atoms with Crippen LogP contribution in [0.5, 0.6) is 5.75 Å². The van der Waals surface area contributed by atoms with Crippen LogP contribution in [-0.4, -0.2) is 28.4 Å². The Labute approximate surface area is 119 Å². The van der Waals surface area contributed by atoms with E-state index < -0.39 is 5.97 Å². The maximum Gasteiger partial charge on any atom is 0.341 e. The van der Waals surface area contributed by atoms with Crippen molar-refractivity contribution in [1.29, 1.82) is 0 Å². The van der Waals surface area contributed by atoms with E-state index in [1.165, 1.54) is 17.4 Å². The molecule has 0 amide bonds. The van der Waals surface area contributed by atoms with Gasteiger partial charge in [0.25, 0.3) is 0 Å². The van der Waals surface area contributed by atoms with E-state index in [1.807, 2.05) is 0 Å². The monoisotopic (exact) mass is 289 g/mol. The number of rotatable bonds is 6. The highest BCUT2D eigenvalue weighted by atomic mass is 32.1. The Bertz CT molecular complexity index is 617. The number of ketones is 1. The number of carbonyl (C=O) groups is 2. The molecule has 1 heterocycles. The topological polar surface area (TPSA) is 76.5 Å². The van der Waals surface area contributed by atoms with Crippen molar-refractivity contribution in [2.24, 2.45) is 0 Å². The molecule has 0 bridgehead atoms. The number of carbonyl (C=O) groups excluding carboxylic acids is 1. The number of carboxylic acid groups (broad SMARTS) is 1. The van der Waals surface area contributed by atoms with Crippen molar-refractivity contribution in [3.63, 3.8) is 0 Å². The Balaban J connectivity index is 1.96. The van der Waals surface area contributed by atoms with Crippen LogP contribution in [0.3, 0.4) is 0 Å². The summed E-state index contributed by atoms with van der Waals surface area (Å²) in [5, 5.41) is 10.7. The van der Waals surface area contributed by atoms with E-state index >= 15 is 0 Å². The van der Waals surface area contributed by atoms with Gasteiger partial charge >= 0.3 is 5.97 Å². The summed E-state index contributed by atoms with van der Waals surface area (Å²) in [7, 11) is 0. The molecule has 0 aliphatic carbocycles. The molecule has 0 saturated heterocycles. The van der Waals surface area contributed by atoms with Crippen LogP contribution in [0.15, 0.2) is 41.9 Å². The van der Waals surface area contributed by atoms with Gasteiger partial charge in [-0.05, 0) is 23.8 Å². The average molecular weight is 289 g/mol. The van der Waals surface area contributed by atoms with Crippen LogP contribution in [0, 0.1) is 0 Å². The fraction of sp³-hybridized carbons (Fsp3) is 0.0714. The van der Waals surface area contributed by atoms with Gasteiger partial charge in [0.05, 0.1) is 0 Å². The van der Waals surface area contributed by atoms with Gasteiger partial charge in [-0.25, -0.2) is 9.78 Å². The highest BCUT2D eigenvalue weighted by molar-refractivity contribution is 7.11. The van der Waals surface area contributed by atoms with E-state index in [0.717, 1.165) is 5.56 Å². The fourth-order valence-electron chi connectivity index (χ4n) is 1.41. The minimum absolute atomic E-state index is 0.147. The molecule has 0 unspecified atom stereocenters. The summed E-state index contributed by atoms with van der Waals surface area (Å²) in [6.07, 6.45) is 4.71. The second-order valence-corrected chi connectivity index (χ2v) is 4.68. The molecule has 0 saturated carbocycles. The van der Waals surface area contributed by atoms with E-state index in [-0.39, 0.29) is 12.4 Å². The van der Waals surface area contributed by atoms with E-state index in [2.05, 4.69) is 4.98 Å². The number of ether oxygens (including phenoxy) is 1. The minimum atomic E-state index is -1.02. The molecule has 1 N–H and O–H groups in total. The number of benzene rings is 1. The molecule has 20 heavy (non-hydrogen) atoms. The summed E-state index contributed by atoms with van der Waals surface area (Å²) in [5.74, 6) is -0.704. The summed E-state index contributed by atoms with van der Waals surface area (Å²) in [6, 6.07) is 6.78. The van der Waals surface area contributed by atoms with Gasteiger partial charge in [-0.3, -0.25) is 4.79 Å². The first-order valence-electron chi connectivity index (χ1n) is 5.72. The zero-order valence-electron chi connectivity index (χ0n) is 10.4. The van der Waals surface area contributed by atoms with E-state index in [9.17, 15) is 9.59 Å². The van der Waals surface area contributed by atoms with Crippen molar-refractivity contribution < 1.29 is 19.4 Å². The third-order valence-corrected chi connectivity index (χ3v) is 3.10. The lowest BCUT2D eigenvalue weighted by atomic mass is 10.2. The number of aromatic nitrogens is 1. The van der Waals surface area contributed by atoms with Crippen LogP contribution in [0.25, 0.3) is 6.08 Å². The number of nitrogens with zero attached hydrogens (tertiary/aromatic N) is 1. The molecule has 2 rings (SSSR count). The summed E-state index contributed by atoms with van der Waals surface area (Å²) in [6.45, 7) is -0.377. The zero-order valence-corrected chi connectivity index (χ0v) is 11.2. The Morgan fingerprint density at radius 2 is 2.05 bits per heavy atom. The van der Waals surface area contributed by atoms with Crippen molar-refractivity contribution >= 4 is 29.2 Å². The van der Waals surface area contributed by atoms with Crippen molar-refractivity contribution in [2.45, 2.75) is 0 Å². The molecule has 0 spiro atoms. The van der Waals surface area contributed by atoms with Crippen molar-refractivity contribution in [3.8, 4) is 5.75 Å². The standard InChI is InChI=1S/C14H11NO4S/c16-12(14-15-7-8-20-14)6-3-10-1-4-11(5-2-10)19-9-13(17)18/h1-8H,9H2,(H,17,18)/b6-3+. The molecule has 0 radical (unpaired) electrons. The van der Waals surface area contributed by atoms with E-state index in [4.69, 9.17) is 9.84 Å². The van der Waals surface area contributed by atoms with Crippen LogP contribution in [0.1, 0.15) is 15.4 Å². The molecule has 0 atom stereocenters. The van der Waals surface area contributed by atoms with Crippen LogP contribution >= 0.6 is 11.3 Å². The van der Waals surface area contributed by atoms with Crippen LogP contribution < -0.4 is 4.74 Å². The molecule has 0 aliphatic heterocycles. The largest absolute Gasteiger partial charge is 0.482 e. The number of aliphatic carboxylic acids is 1. The van der Waals surface area contributed by atoms with E-state index in [0.29, 0.717) is 10.8 Å². The second kappa shape index (κ2) is 6.63. The van der Waals surface area contributed by atoms with Gasteiger partial charge in [0, 0.05) is 11.6 Å². The quantitative estimate of drug-likeness (QED) is 0.653. The Morgan fingerprint density at radius 3 is 2.65 bits per heavy atom. The van der Waals surface area contributed by atoms with Crippen LogP contribution in [0.4, 0.5) is 0 Å². The summed E-state index contributed by atoms with van der Waals surface area (Å²) >= 11 is 1.29. The molecule has 0 fully saturated rings. The molecule has 5 nitrogen and oxygen atoms in total. The predicted octanol–water partition coefficient (Wildman–Crippen LogP) is 2.50. The Kier molecular flexibility index (Phi) is 4.62. The summed E-state index contributed by atoms with van der Waals surface area (Å²) in [4.78, 5) is 26.0. The molecule has 2 aromatic rings. The minimum Gasteiger partial charge on any atom is -0.482 e. The van der Waals surface area contributed by atoms with Gasteiger partial charge in [0.15, 0.2) is 11.6 Å². The molecule has 1 aromatic heterocycles. The smallest absolute Gasteiger partial charge is 0.341 e. The third-order valence-electron chi connectivity index (χ3n) is 2.31. The number of hydrogen-bond donors (Lipinski definition) is 1. The first-order chi connectivity index (χ1) is 9.65. The van der Waals surface area contributed by atoms with Gasteiger partial charge in [-0.15, -0.1) is 11.3 Å². The molecular weight excluding hydrogens is 278 g/mol. The third kappa shape index (κ3) is 4.03. The Hall–Kier alpha value is -2.47.